The molecule has 24 heavy (non-hydrogen) atoms. The van der Waals surface area contributed by atoms with E-state index in [0.29, 0.717) is 13.2 Å². The molecule has 1 spiro atoms. The van der Waals surface area contributed by atoms with Crippen LogP contribution < -0.4 is 0 Å². The van der Waals surface area contributed by atoms with Crippen LogP contribution in [-0.4, -0.2) is 33.7 Å². The summed E-state index contributed by atoms with van der Waals surface area (Å²) < 4.78 is 5.00. The van der Waals surface area contributed by atoms with Crippen molar-refractivity contribution in [1.82, 2.24) is 15.1 Å². The van der Waals surface area contributed by atoms with Crippen LogP contribution in [0.15, 0.2) is 47.2 Å². The molecule has 124 valence electrons. The topological polar surface area (TPSA) is 58.8 Å². The van der Waals surface area contributed by atoms with Gasteiger partial charge in [0, 0.05) is 12.6 Å². The summed E-state index contributed by atoms with van der Waals surface area (Å²) in [6, 6.07) is 11.9. The number of hydrogen-bond donors (Lipinski definition) is 0. The Bertz CT molecular complexity index is 742. The van der Waals surface area contributed by atoms with Gasteiger partial charge in [0.2, 0.25) is 0 Å². The van der Waals surface area contributed by atoms with Crippen molar-refractivity contribution in [1.29, 1.82) is 0 Å². The predicted molar refractivity (Wildman–Crippen MR) is 84.5 cm³/mol. The molecule has 2 amide bonds. The van der Waals surface area contributed by atoms with Crippen LogP contribution in [-0.2, 0) is 11.4 Å². The third-order valence-corrected chi connectivity index (χ3v) is 5.67. The summed E-state index contributed by atoms with van der Waals surface area (Å²) in [4.78, 5) is 20.7. The van der Waals surface area contributed by atoms with E-state index in [9.17, 15) is 4.79 Å². The Hall–Kier alpha value is -2.34. The highest BCUT2D eigenvalue weighted by Crippen LogP contribution is 2.61. The second kappa shape index (κ2) is 5.08. The van der Waals surface area contributed by atoms with Crippen LogP contribution in [0.5, 0.6) is 0 Å². The maximum atomic E-state index is 12.9. The molecule has 2 saturated heterocycles. The largest absolute Gasteiger partial charge is 0.364 e. The lowest BCUT2D eigenvalue weighted by molar-refractivity contribution is -0.153. The quantitative estimate of drug-likeness (QED) is 0.866. The van der Waals surface area contributed by atoms with Gasteiger partial charge in [-0.05, 0) is 30.2 Å². The number of hydroxylamine groups is 2. The van der Waals surface area contributed by atoms with E-state index >= 15 is 0 Å². The molecule has 1 saturated carbocycles. The van der Waals surface area contributed by atoms with Crippen LogP contribution in [0, 0.1) is 5.41 Å². The van der Waals surface area contributed by atoms with E-state index in [0.717, 1.165) is 30.5 Å². The molecule has 2 aliphatic heterocycles. The second-order valence-electron chi connectivity index (χ2n) is 7.04. The van der Waals surface area contributed by atoms with Crippen molar-refractivity contribution in [3.63, 3.8) is 0 Å². The Morgan fingerprint density at radius 3 is 2.79 bits per heavy atom. The highest BCUT2D eigenvalue weighted by molar-refractivity contribution is 5.77. The molecular formula is C18H19N3O3. The van der Waals surface area contributed by atoms with E-state index in [1.807, 2.05) is 41.3 Å². The van der Waals surface area contributed by atoms with Gasteiger partial charge >= 0.3 is 6.03 Å². The molecule has 6 heteroatoms. The van der Waals surface area contributed by atoms with E-state index in [2.05, 4.69) is 5.16 Å². The molecule has 3 fully saturated rings. The van der Waals surface area contributed by atoms with Crippen molar-refractivity contribution in [2.45, 2.75) is 38.0 Å². The fourth-order valence-electron chi connectivity index (χ4n) is 4.15. The molecule has 0 radical (unpaired) electrons. The van der Waals surface area contributed by atoms with Crippen molar-refractivity contribution in [2.24, 2.45) is 5.41 Å². The number of aromatic nitrogens is 1. The first kappa shape index (κ1) is 14.0. The van der Waals surface area contributed by atoms with Crippen LogP contribution in [0.3, 0.4) is 0 Å². The molecule has 2 atom stereocenters. The normalized spacial score (nSPS) is 27.1. The van der Waals surface area contributed by atoms with Gasteiger partial charge in [0.05, 0.1) is 12.1 Å². The number of amides is 2. The Kier molecular flexibility index (Phi) is 2.97. The van der Waals surface area contributed by atoms with Gasteiger partial charge in [0.1, 0.15) is 18.6 Å². The molecule has 1 aromatic heterocycles. The monoisotopic (exact) mass is 325 g/mol. The Balaban J connectivity index is 1.39. The van der Waals surface area contributed by atoms with E-state index in [-0.39, 0.29) is 23.5 Å². The van der Waals surface area contributed by atoms with E-state index < -0.39 is 0 Å². The van der Waals surface area contributed by atoms with Crippen molar-refractivity contribution in [3.8, 4) is 0 Å². The summed E-state index contributed by atoms with van der Waals surface area (Å²) in [5.41, 5.74) is 2.10. The number of fused-ring (bicyclic) bond motifs is 3. The molecular weight excluding hydrogens is 306 g/mol. The van der Waals surface area contributed by atoms with E-state index in [1.54, 1.807) is 11.3 Å². The van der Waals surface area contributed by atoms with Gasteiger partial charge in [-0.1, -0.05) is 35.5 Å². The average molecular weight is 325 g/mol. The summed E-state index contributed by atoms with van der Waals surface area (Å²) in [6.07, 6.45) is 4.82. The molecule has 1 aromatic carbocycles. The fourth-order valence-corrected chi connectivity index (χ4v) is 4.15. The first-order valence-corrected chi connectivity index (χ1v) is 8.44. The molecule has 2 bridgehead atoms. The van der Waals surface area contributed by atoms with Crippen LogP contribution >= 0.6 is 0 Å². The molecule has 0 unspecified atom stereocenters. The minimum atomic E-state index is -0.0484. The number of urea groups is 1. The van der Waals surface area contributed by atoms with Gasteiger partial charge in [0.15, 0.2) is 0 Å². The van der Waals surface area contributed by atoms with E-state index in [1.165, 1.54) is 0 Å². The molecule has 3 heterocycles. The van der Waals surface area contributed by atoms with Gasteiger partial charge in [-0.3, -0.25) is 4.84 Å². The van der Waals surface area contributed by atoms with Gasteiger partial charge in [-0.15, -0.1) is 0 Å². The number of piperidine rings is 1. The lowest BCUT2D eigenvalue weighted by atomic mass is 9.84. The minimum Gasteiger partial charge on any atom is -0.364 e. The van der Waals surface area contributed by atoms with Crippen molar-refractivity contribution >= 4 is 6.03 Å². The summed E-state index contributed by atoms with van der Waals surface area (Å²) in [5.74, 6) is 0. The molecule has 1 aliphatic carbocycles. The number of benzene rings is 1. The lowest BCUT2D eigenvalue weighted by Gasteiger charge is -2.35. The Morgan fingerprint density at radius 2 is 2.08 bits per heavy atom. The fraction of sp³-hybridized carbons (Fsp3) is 0.444. The summed E-state index contributed by atoms with van der Waals surface area (Å²) in [6.45, 7) is 1.13. The van der Waals surface area contributed by atoms with Crippen LogP contribution in [0.25, 0.3) is 0 Å². The molecule has 6 nitrogen and oxygen atoms in total. The Morgan fingerprint density at radius 1 is 1.25 bits per heavy atom. The molecule has 5 rings (SSSR count). The van der Waals surface area contributed by atoms with Gasteiger partial charge in [0.25, 0.3) is 0 Å². The van der Waals surface area contributed by atoms with Gasteiger partial charge < -0.3 is 9.42 Å². The number of hydrogen-bond acceptors (Lipinski definition) is 4. The highest BCUT2D eigenvalue weighted by Gasteiger charge is 2.63. The lowest BCUT2D eigenvalue weighted by Crippen LogP contribution is -2.42. The first-order chi connectivity index (χ1) is 11.8. The number of rotatable bonds is 4. The third-order valence-electron chi connectivity index (χ3n) is 5.67. The van der Waals surface area contributed by atoms with Gasteiger partial charge in [-0.2, -0.15) is 5.06 Å². The van der Waals surface area contributed by atoms with Crippen LogP contribution in [0.4, 0.5) is 4.79 Å². The summed E-state index contributed by atoms with van der Waals surface area (Å²) in [5, 5.41) is 5.70. The first-order valence-electron chi connectivity index (χ1n) is 8.44. The van der Waals surface area contributed by atoms with E-state index in [4.69, 9.17) is 9.36 Å². The average Bonchev–Trinajstić information content (AvgIpc) is 3.07. The second-order valence-corrected chi connectivity index (χ2v) is 7.04. The zero-order chi connectivity index (χ0) is 16.1. The molecule has 3 aliphatic rings. The zero-order valence-corrected chi connectivity index (χ0v) is 13.3. The Labute approximate surface area is 139 Å². The smallest absolute Gasteiger partial charge is 0.344 e. The van der Waals surface area contributed by atoms with Crippen molar-refractivity contribution in [2.75, 3.05) is 6.54 Å². The highest BCUT2D eigenvalue weighted by atomic mass is 16.7. The minimum absolute atomic E-state index is 0.000301. The van der Waals surface area contributed by atoms with Crippen LogP contribution in [0.2, 0.25) is 0 Å². The number of carbonyl (C=O) groups is 1. The maximum absolute atomic E-state index is 12.9. The predicted octanol–water partition coefficient (Wildman–Crippen LogP) is 3.14. The standard InChI is InChI=1S/C18H19N3O3/c22-17-20-11-16(21(17)24-12-13-4-2-1-3-5-13)18(7-8-18)10-15(20)14-6-9-23-19-14/h1-6,9,15-16H,7-8,10-12H2/t15-,16+/m0/s1. The maximum Gasteiger partial charge on any atom is 0.344 e. The number of carbonyl (C=O) groups excluding carboxylic acids is 1. The van der Waals surface area contributed by atoms with Crippen molar-refractivity contribution in [3.05, 3.63) is 53.9 Å². The molecule has 0 N–H and O–H groups in total. The van der Waals surface area contributed by atoms with Crippen molar-refractivity contribution < 1.29 is 14.2 Å². The zero-order valence-electron chi connectivity index (χ0n) is 13.3. The third kappa shape index (κ3) is 2.06. The molecule has 2 aromatic rings. The van der Waals surface area contributed by atoms with Gasteiger partial charge in [-0.25, -0.2) is 4.79 Å². The SMILES string of the molecule is O=C1N2C[C@@H](N1OCc1ccccc1)C1(CC1)C[C@H]2c1ccon1. The number of nitrogens with zero attached hydrogens (tertiary/aromatic N) is 3. The van der Waals surface area contributed by atoms with Crippen LogP contribution in [0.1, 0.15) is 36.6 Å². The summed E-state index contributed by atoms with van der Waals surface area (Å²) >= 11 is 0. The summed E-state index contributed by atoms with van der Waals surface area (Å²) in [7, 11) is 0.